The highest BCUT2D eigenvalue weighted by Crippen LogP contribution is 2.26. The average molecular weight is 223 g/mol. The van der Waals surface area contributed by atoms with Crippen LogP contribution in [0.5, 0.6) is 5.75 Å². The Morgan fingerprint density at radius 3 is 2.62 bits per heavy atom. The molecule has 1 aromatic rings. The van der Waals surface area contributed by atoms with Gasteiger partial charge in [-0.15, -0.1) is 0 Å². The van der Waals surface area contributed by atoms with E-state index in [1.165, 1.54) is 0 Å². The highest BCUT2D eigenvalue weighted by atomic mass is 16.5. The van der Waals surface area contributed by atoms with Gasteiger partial charge in [-0.3, -0.25) is 4.79 Å². The van der Waals surface area contributed by atoms with E-state index in [-0.39, 0.29) is 6.42 Å². The SMILES string of the molecule is COc1cc(C(N)CC(=O)O)cc(C)c1C. The number of carboxylic acid groups (broad SMARTS) is 1. The summed E-state index contributed by atoms with van der Waals surface area (Å²) in [5.41, 5.74) is 8.70. The van der Waals surface area contributed by atoms with Crippen molar-refractivity contribution in [3.63, 3.8) is 0 Å². The van der Waals surface area contributed by atoms with Crippen molar-refractivity contribution in [2.24, 2.45) is 5.73 Å². The van der Waals surface area contributed by atoms with Gasteiger partial charge in [0, 0.05) is 6.04 Å². The maximum absolute atomic E-state index is 10.6. The summed E-state index contributed by atoms with van der Waals surface area (Å²) in [7, 11) is 1.59. The van der Waals surface area contributed by atoms with E-state index in [2.05, 4.69) is 0 Å². The summed E-state index contributed by atoms with van der Waals surface area (Å²) in [5.74, 6) is -0.152. The third-order valence-electron chi connectivity index (χ3n) is 2.68. The van der Waals surface area contributed by atoms with Crippen LogP contribution in [0.2, 0.25) is 0 Å². The second kappa shape index (κ2) is 4.99. The number of benzene rings is 1. The Morgan fingerprint density at radius 1 is 1.50 bits per heavy atom. The van der Waals surface area contributed by atoms with Crippen molar-refractivity contribution in [2.75, 3.05) is 7.11 Å². The van der Waals surface area contributed by atoms with Gasteiger partial charge in [0.05, 0.1) is 13.5 Å². The molecule has 1 unspecified atom stereocenters. The van der Waals surface area contributed by atoms with E-state index in [1.807, 2.05) is 19.9 Å². The largest absolute Gasteiger partial charge is 0.496 e. The van der Waals surface area contributed by atoms with E-state index in [9.17, 15) is 4.79 Å². The molecule has 88 valence electrons. The van der Waals surface area contributed by atoms with Gasteiger partial charge in [0.15, 0.2) is 0 Å². The number of aliphatic carboxylic acids is 1. The van der Waals surface area contributed by atoms with Gasteiger partial charge in [0.2, 0.25) is 0 Å². The normalized spacial score (nSPS) is 12.2. The number of nitrogens with two attached hydrogens (primary N) is 1. The number of rotatable bonds is 4. The maximum atomic E-state index is 10.6. The van der Waals surface area contributed by atoms with Crippen LogP contribution in [0.25, 0.3) is 0 Å². The molecule has 1 atom stereocenters. The number of hydrogen-bond donors (Lipinski definition) is 2. The summed E-state index contributed by atoms with van der Waals surface area (Å²) in [6.45, 7) is 3.91. The lowest BCUT2D eigenvalue weighted by molar-refractivity contribution is -0.137. The second-order valence-electron chi connectivity index (χ2n) is 3.87. The molecule has 0 heterocycles. The van der Waals surface area contributed by atoms with Crippen molar-refractivity contribution >= 4 is 5.97 Å². The number of hydrogen-bond acceptors (Lipinski definition) is 3. The maximum Gasteiger partial charge on any atom is 0.305 e. The minimum Gasteiger partial charge on any atom is -0.496 e. The minimum absolute atomic E-state index is 0.0777. The molecule has 0 aliphatic heterocycles. The molecule has 0 saturated heterocycles. The molecule has 0 aliphatic rings. The Labute approximate surface area is 95.0 Å². The lowest BCUT2D eigenvalue weighted by atomic mass is 9.99. The van der Waals surface area contributed by atoms with Crippen molar-refractivity contribution in [3.8, 4) is 5.75 Å². The third kappa shape index (κ3) is 2.73. The van der Waals surface area contributed by atoms with E-state index >= 15 is 0 Å². The van der Waals surface area contributed by atoms with E-state index in [0.29, 0.717) is 0 Å². The van der Waals surface area contributed by atoms with E-state index in [4.69, 9.17) is 15.6 Å². The summed E-state index contributed by atoms with van der Waals surface area (Å²) in [4.78, 5) is 10.6. The molecule has 16 heavy (non-hydrogen) atoms. The Bertz CT molecular complexity index is 401. The summed E-state index contributed by atoms with van der Waals surface area (Å²) in [5, 5.41) is 8.68. The summed E-state index contributed by atoms with van der Waals surface area (Å²) < 4.78 is 5.22. The molecule has 3 N–H and O–H groups in total. The fourth-order valence-electron chi connectivity index (χ4n) is 1.59. The van der Waals surface area contributed by atoms with Gasteiger partial charge in [-0.25, -0.2) is 0 Å². The number of carbonyl (C=O) groups is 1. The fourth-order valence-corrected chi connectivity index (χ4v) is 1.59. The smallest absolute Gasteiger partial charge is 0.305 e. The van der Waals surface area contributed by atoms with Gasteiger partial charge in [0.1, 0.15) is 5.75 Å². The Balaban J connectivity index is 3.05. The first-order valence-corrected chi connectivity index (χ1v) is 5.08. The molecule has 4 nitrogen and oxygen atoms in total. The number of carboxylic acids is 1. The highest BCUT2D eigenvalue weighted by Gasteiger charge is 2.13. The van der Waals surface area contributed by atoms with Crippen molar-refractivity contribution in [3.05, 3.63) is 28.8 Å². The van der Waals surface area contributed by atoms with E-state index in [0.717, 1.165) is 22.4 Å². The molecule has 0 bridgehead atoms. The first-order valence-electron chi connectivity index (χ1n) is 5.08. The monoisotopic (exact) mass is 223 g/mol. The molecule has 0 spiro atoms. The van der Waals surface area contributed by atoms with Gasteiger partial charge in [-0.2, -0.15) is 0 Å². The molecule has 1 rings (SSSR count). The van der Waals surface area contributed by atoms with E-state index < -0.39 is 12.0 Å². The standard InChI is InChI=1S/C12H17NO3/c1-7-4-9(10(13)6-12(14)15)5-11(16-3)8(7)2/h4-5,10H,6,13H2,1-3H3,(H,14,15). The van der Waals surface area contributed by atoms with Gasteiger partial charge in [-0.1, -0.05) is 6.07 Å². The molecule has 1 aromatic carbocycles. The van der Waals surface area contributed by atoms with Crippen molar-refractivity contribution in [1.82, 2.24) is 0 Å². The first kappa shape index (κ1) is 12.5. The van der Waals surface area contributed by atoms with Crippen LogP contribution < -0.4 is 10.5 Å². The number of ether oxygens (including phenoxy) is 1. The van der Waals surface area contributed by atoms with Gasteiger partial charge >= 0.3 is 5.97 Å². The molecule has 4 heteroatoms. The number of methoxy groups -OCH3 is 1. The van der Waals surface area contributed by atoms with Crippen LogP contribution in [0.3, 0.4) is 0 Å². The highest BCUT2D eigenvalue weighted by molar-refractivity contribution is 5.68. The van der Waals surface area contributed by atoms with Crippen LogP contribution in [0, 0.1) is 13.8 Å². The molecule has 0 aliphatic carbocycles. The quantitative estimate of drug-likeness (QED) is 0.816. The van der Waals surface area contributed by atoms with Crippen molar-refractivity contribution < 1.29 is 14.6 Å². The zero-order chi connectivity index (χ0) is 12.3. The molecule has 0 radical (unpaired) electrons. The molecule has 0 saturated carbocycles. The van der Waals surface area contributed by atoms with Crippen LogP contribution in [0.4, 0.5) is 0 Å². The summed E-state index contributed by atoms with van der Waals surface area (Å²) in [6, 6.07) is 3.21. The van der Waals surface area contributed by atoms with Crippen LogP contribution in [0.15, 0.2) is 12.1 Å². The lowest BCUT2D eigenvalue weighted by Crippen LogP contribution is -2.15. The molecule has 0 fully saturated rings. The van der Waals surface area contributed by atoms with Crippen molar-refractivity contribution in [1.29, 1.82) is 0 Å². The fraction of sp³-hybridized carbons (Fsp3) is 0.417. The molecular formula is C12H17NO3. The Hall–Kier alpha value is -1.55. The number of aryl methyl sites for hydroxylation is 1. The van der Waals surface area contributed by atoms with E-state index in [1.54, 1.807) is 13.2 Å². The average Bonchev–Trinajstić information content (AvgIpc) is 2.20. The predicted octanol–water partition coefficient (Wildman–Crippen LogP) is 1.79. The van der Waals surface area contributed by atoms with Crippen molar-refractivity contribution in [2.45, 2.75) is 26.3 Å². The topological polar surface area (TPSA) is 72.5 Å². The minimum atomic E-state index is -0.898. The van der Waals surface area contributed by atoms with Crippen LogP contribution in [-0.2, 0) is 4.79 Å². The third-order valence-corrected chi connectivity index (χ3v) is 2.68. The second-order valence-corrected chi connectivity index (χ2v) is 3.87. The first-order chi connectivity index (χ1) is 7.45. The molecule has 0 aromatic heterocycles. The Morgan fingerprint density at radius 2 is 2.12 bits per heavy atom. The van der Waals surface area contributed by atoms with Crippen LogP contribution in [-0.4, -0.2) is 18.2 Å². The van der Waals surface area contributed by atoms with Crippen LogP contribution >= 0.6 is 0 Å². The van der Waals surface area contributed by atoms with Gasteiger partial charge in [-0.05, 0) is 36.6 Å². The molecular weight excluding hydrogens is 206 g/mol. The summed E-state index contributed by atoms with van der Waals surface area (Å²) >= 11 is 0. The predicted molar refractivity (Wildman–Crippen MR) is 61.6 cm³/mol. The van der Waals surface area contributed by atoms with Crippen LogP contribution in [0.1, 0.15) is 29.2 Å². The lowest BCUT2D eigenvalue weighted by Gasteiger charge is -2.14. The van der Waals surface area contributed by atoms with Gasteiger partial charge in [0.25, 0.3) is 0 Å². The summed E-state index contributed by atoms with van der Waals surface area (Å²) in [6.07, 6.45) is -0.0777. The zero-order valence-electron chi connectivity index (χ0n) is 9.78. The van der Waals surface area contributed by atoms with Gasteiger partial charge < -0.3 is 15.6 Å². The zero-order valence-corrected chi connectivity index (χ0v) is 9.78. The Kier molecular flexibility index (Phi) is 3.90. The molecule has 0 amide bonds.